The van der Waals surface area contributed by atoms with Crippen molar-refractivity contribution in [1.82, 2.24) is 4.90 Å². The van der Waals surface area contributed by atoms with Gasteiger partial charge in [-0.3, -0.25) is 9.59 Å². The van der Waals surface area contributed by atoms with Gasteiger partial charge in [0.05, 0.1) is 17.9 Å². The number of fused-ring (bicyclic) bond motifs is 1. The molecule has 0 saturated carbocycles. The first-order chi connectivity index (χ1) is 12.8. The van der Waals surface area contributed by atoms with Crippen LogP contribution in [0.3, 0.4) is 0 Å². The second kappa shape index (κ2) is 7.79. The Morgan fingerprint density at radius 3 is 2.63 bits per heavy atom. The molecule has 3 rings (SSSR count). The minimum atomic E-state index is -0.769. The second-order valence-electron chi connectivity index (χ2n) is 8.04. The Bertz CT molecular complexity index is 707. The van der Waals surface area contributed by atoms with E-state index in [1.54, 1.807) is 13.8 Å². The topological polar surface area (TPSA) is 76.1 Å². The minimum absolute atomic E-state index is 0.0936. The molecule has 1 aromatic rings. The van der Waals surface area contributed by atoms with Crippen molar-refractivity contribution in [3.05, 3.63) is 23.8 Å². The average molecular weight is 375 g/mol. The van der Waals surface area contributed by atoms with Crippen molar-refractivity contribution in [2.45, 2.75) is 40.0 Å². The molecule has 148 valence electrons. The summed E-state index contributed by atoms with van der Waals surface area (Å²) in [4.78, 5) is 26.3. The number of carboxylic acids is 1. The number of nitrogens with zero attached hydrogens (tertiary/aromatic N) is 1. The van der Waals surface area contributed by atoms with E-state index in [1.165, 1.54) is 0 Å². The number of likely N-dealkylation sites (tertiary alicyclic amines) is 1. The lowest BCUT2D eigenvalue weighted by molar-refractivity contribution is -0.152. The number of amides is 1. The van der Waals surface area contributed by atoms with Gasteiger partial charge in [-0.25, -0.2) is 0 Å². The van der Waals surface area contributed by atoms with Gasteiger partial charge in [-0.2, -0.15) is 0 Å². The van der Waals surface area contributed by atoms with Gasteiger partial charge in [0.1, 0.15) is 18.1 Å². The van der Waals surface area contributed by atoms with E-state index < -0.39 is 11.4 Å². The molecular weight excluding hydrogens is 346 g/mol. The Morgan fingerprint density at radius 2 is 2.00 bits per heavy atom. The molecule has 2 heterocycles. The van der Waals surface area contributed by atoms with Crippen LogP contribution in [0.2, 0.25) is 0 Å². The van der Waals surface area contributed by atoms with Gasteiger partial charge in [0.25, 0.3) is 0 Å². The number of carbonyl (C=O) groups excluding carboxylic acids is 1. The van der Waals surface area contributed by atoms with E-state index in [1.807, 2.05) is 30.0 Å². The van der Waals surface area contributed by atoms with Gasteiger partial charge in [-0.15, -0.1) is 0 Å². The van der Waals surface area contributed by atoms with Crippen LogP contribution in [0.15, 0.2) is 18.2 Å². The predicted octanol–water partition coefficient (Wildman–Crippen LogP) is 2.99. The number of hydrogen-bond donors (Lipinski definition) is 1. The number of piperidine rings is 1. The van der Waals surface area contributed by atoms with E-state index in [4.69, 9.17) is 9.47 Å². The summed E-state index contributed by atoms with van der Waals surface area (Å²) in [6.07, 6.45) is 2.10. The first kappa shape index (κ1) is 19.5. The van der Waals surface area contributed by atoms with Crippen LogP contribution < -0.4 is 9.47 Å². The molecular formula is C21H29NO5. The summed E-state index contributed by atoms with van der Waals surface area (Å²) in [5.41, 5.74) is 0.255. The van der Waals surface area contributed by atoms with Gasteiger partial charge < -0.3 is 19.5 Å². The fourth-order valence-electron chi connectivity index (χ4n) is 4.04. The van der Waals surface area contributed by atoms with Gasteiger partial charge in [-0.05, 0) is 69.7 Å². The number of carbonyl (C=O) groups is 2. The van der Waals surface area contributed by atoms with Crippen LogP contribution in [0.5, 0.6) is 11.5 Å². The highest BCUT2D eigenvalue weighted by atomic mass is 16.5. The Kier molecular flexibility index (Phi) is 5.63. The average Bonchev–Trinajstić information content (AvgIpc) is 2.67. The molecule has 0 aromatic heterocycles. The van der Waals surface area contributed by atoms with Gasteiger partial charge in [0.15, 0.2) is 0 Å². The Labute approximate surface area is 160 Å². The van der Waals surface area contributed by atoms with Crippen molar-refractivity contribution in [2.75, 3.05) is 26.3 Å². The second-order valence-corrected chi connectivity index (χ2v) is 8.04. The number of ether oxygens (including phenoxy) is 2. The molecule has 6 heteroatoms. The lowest BCUT2D eigenvalue weighted by Crippen LogP contribution is -2.47. The monoisotopic (exact) mass is 375 g/mol. The number of aliphatic carboxylic acids is 1. The van der Waals surface area contributed by atoms with Gasteiger partial charge in [0.2, 0.25) is 5.91 Å². The van der Waals surface area contributed by atoms with Gasteiger partial charge >= 0.3 is 5.97 Å². The molecule has 0 bridgehead atoms. The van der Waals surface area contributed by atoms with E-state index in [9.17, 15) is 14.7 Å². The normalized spacial score (nSPS) is 20.6. The van der Waals surface area contributed by atoms with E-state index >= 15 is 0 Å². The third-order valence-corrected chi connectivity index (χ3v) is 5.98. The molecule has 27 heavy (non-hydrogen) atoms. The first-order valence-electron chi connectivity index (χ1n) is 9.73. The zero-order valence-electron chi connectivity index (χ0n) is 16.4. The molecule has 0 radical (unpaired) electrons. The smallest absolute Gasteiger partial charge is 0.309 e. The molecule has 1 unspecified atom stereocenters. The van der Waals surface area contributed by atoms with Crippen LogP contribution >= 0.6 is 0 Å². The van der Waals surface area contributed by atoms with Gasteiger partial charge in [-0.1, -0.05) is 0 Å². The zero-order valence-corrected chi connectivity index (χ0v) is 16.4. The summed E-state index contributed by atoms with van der Waals surface area (Å²) in [5, 5.41) is 9.42. The molecule has 2 aliphatic rings. The molecule has 6 nitrogen and oxygen atoms in total. The Morgan fingerprint density at radius 1 is 1.30 bits per heavy atom. The highest BCUT2D eigenvalue weighted by Crippen LogP contribution is 2.36. The van der Waals surface area contributed by atoms with Crippen molar-refractivity contribution >= 4 is 11.9 Å². The minimum Gasteiger partial charge on any atom is -0.494 e. The van der Waals surface area contributed by atoms with E-state index in [0.717, 1.165) is 29.9 Å². The number of hydrogen-bond acceptors (Lipinski definition) is 4. The summed E-state index contributed by atoms with van der Waals surface area (Å²) >= 11 is 0. The fraction of sp³-hybridized carbons (Fsp3) is 0.619. The maximum atomic E-state index is 13.0. The molecule has 1 aromatic carbocycles. The van der Waals surface area contributed by atoms with Crippen molar-refractivity contribution in [3.8, 4) is 11.5 Å². The van der Waals surface area contributed by atoms with Crippen molar-refractivity contribution in [2.24, 2.45) is 17.3 Å². The van der Waals surface area contributed by atoms with Crippen LogP contribution in [-0.2, 0) is 16.0 Å². The lowest BCUT2D eigenvalue weighted by Gasteiger charge is -2.39. The third kappa shape index (κ3) is 4.04. The van der Waals surface area contributed by atoms with Crippen molar-refractivity contribution in [3.63, 3.8) is 0 Å². The Balaban J connectivity index is 1.61. The molecule has 0 aliphatic carbocycles. The van der Waals surface area contributed by atoms with Crippen LogP contribution in [0.25, 0.3) is 0 Å². The predicted molar refractivity (Wildman–Crippen MR) is 101 cm³/mol. The molecule has 1 N–H and O–H groups in total. The van der Waals surface area contributed by atoms with Crippen LogP contribution in [0, 0.1) is 17.3 Å². The Hall–Kier alpha value is -2.24. The zero-order chi connectivity index (χ0) is 19.6. The summed E-state index contributed by atoms with van der Waals surface area (Å²) < 4.78 is 11.4. The standard InChI is InChI=1S/C21H29NO5/c1-4-26-17-5-6-18-14(12-17)11-15(13-27-18)19(23)22-9-7-16(8-10-22)21(2,3)20(24)25/h5-6,12,15-16H,4,7-11,13H2,1-3H3,(H,24,25). The van der Waals surface area contributed by atoms with Gasteiger partial charge in [0, 0.05) is 13.1 Å². The van der Waals surface area contributed by atoms with E-state index in [-0.39, 0.29) is 17.7 Å². The molecule has 1 saturated heterocycles. The lowest BCUT2D eigenvalue weighted by atomic mass is 9.73. The van der Waals surface area contributed by atoms with Crippen molar-refractivity contribution in [1.29, 1.82) is 0 Å². The molecule has 0 spiro atoms. The number of benzene rings is 1. The first-order valence-corrected chi connectivity index (χ1v) is 9.73. The highest BCUT2D eigenvalue weighted by Gasteiger charge is 2.40. The molecule has 2 aliphatic heterocycles. The van der Waals surface area contributed by atoms with E-state index in [2.05, 4.69) is 0 Å². The quantitative estimate of drug-likeness (QED) is 0.856. The maximum absolute atomic E-state index is 13.0. The summed E-state index contributed by atoms with van der Waals surface area (Å²) in [6, 6.07) is 5.75. The maximum Gasteiger partial charge on any atom is 0.309 e. The summed E-state index contributed by atoms with van der Waals surface area (Å²) in [7, 11) is 0. The molecule has 1 fully saturated rings. The third-order valence-electron chi connectivity index (χ3n) is 5.98. The number of rotatable bonds is 5. The van der Waals surface area contributed by atoms with Crippen molar-refractivity contribution < 1.29 is 24.2 Å². The number of carboxylic acid groups (broad SMARTS) is 1. The molecule has 1 atom stereocenters. The molecule has 1 amide bonds. The highest BCUT2D eigenvalue weighted by molar-refractivity contribution is 5.80. The van der Waals surface area contributed by atoms with Crippen LogP contribution in [0.4, 0.5) is 0 Å². The SMILES string of the molecule is CCOc1ccc2c(c1)CC(C(=O)N1CCC(C(C)(C)C(=O)O)CC1)CO2. The largest absolute Gasteiger partial charge is 0.494 e. The van der Waals surface area contributed by atoms with Crippen LogP contribution in [0.1, 0.15) is 39.2 Å². The van der Waals surface area contributed by atoms with E-state index in [0.29, 0.717) is 32.7 Å². The van der Waals surface area contributed by atoms with Crippen LogP contribution in [-0.4, -0.2) is 48.2 Å². The fourth-order valence-corrected chi connectivity index (χ4v) is 4.04. The summed E-state index contributed by atoms with van der Waals surface area (Å²) in [6.45, 7) is 7.71. The summed E-state index contributed by atoms with van der Waals surface area (Å²) in [5.74, 6) is 0.854.